The van der Waals surface area contributed by atoms with E-state index < -0.39 is 11.7 Å². The Hall–Kier alpha value is -0.840. The lowest BCUT2D eigenvalue weighted by Gasteiger charge is -2.33. The van der Waals surface area contributed by atoms with Gasteiger partial charge in [-0.2, -0.15) is 0 Å². The summed E-state index contributed by atoms with van der Waals surface area (Å²) in [4.78, 5) is 11.9. The number of hydrogen-bond donors (Lipinski definition) is 2. The van der Waals surface area contributed by atoms with E-state index in [1.807, 2.05) is 0 Å². The van der Waals surface area contributed by atoms with Gasteiger partial charge in [0.15, 0.2) is 0 Å². The van der Waals surface area contributed by atoms with Gasteiger partial charge in [-0.3, -0.25) is 4.79 Å². The molecule has 1 aromatic carbocycles. The molecular formula is C14H19Cl2FN2O. The number of benzene rings is 1. The Bertz CT molecular complexity index is 476. The second-order valence-electron chi connectivity index (χ2n) is 5.23. The molecule has 1 aliphatic rings. The maximum Gasteiger partial charge on any atom is 0.254 e. The molecule has 3 N–H and O–H groups in total. The molecule has 1 fully saturated rings. The van der Waals surface area contributed by atoms with Crippen LogP contribution in [0.5, 0.6) is 0 Å². The lowest BCUT2D eigenvalue weighted by atomic mass is 9.82. The van der Waals surface area contributed by atoms with Gasteiger partial charge in [0.1, 0.15) is 5.82 Å². The topological polar surface area (TPSA) is 55.1 Å². The van der Waals surface area contributed by atoms with Crippen molar-refractivity contribution < 1.29 is 9.18 Å². The number of nitrogens with one attached hydrogen (secondary N) is 1. The summed E-state index contributed by atoms with van der Waals surface area (Å²) in [5.74, 6) is -1.05. The van der Waals surface area contributed by atoms with Gasteiger partial charge in [0.2, 0.25) is 0 Å². The first kappa shape index (κ1) is 17.2. The van der Waals surface area contributed by atoms with Crippen molar-refractivity contribution in [2.24, 2.45) is 5.73 Å². The van der Waals surface area contributed by atoms with E-state index in [0.29, 0.717) is 6.54 Å². The van der Waals surface area contributed by atoms with E-state index in [1.54, 1.807) is 0 Å². The highest BCUT2D eigenvalue weighted by Crippen LogP contribution is 2.25. The zero-order chi connectivity index (χ0) is 13.9. The molecular weight excluding hydrogens is 302 g/mol. The Kier molecular flexibility index (Phi) is 6.24. The molecule has 112 valence electrons. The first-order valence-electron chi connectivity index (χ1n) is 6.52. The molecule has 6 heteroatoms. The van der Waals surface area contributed by atoms with Gasteiger partial charge < -0.3 is 11.1 Å². The number of carbonyl (C=O) groups is 1. The molecule has 0 radical (unpaired) electrons. The number of amides is 1. The van der Waals surface area contributed by atoms with Crippen LogP contribution in [-0.2, 0) is 0 Å². The predicted octanol–water partition coefficient (Wildman–Crippen LogP) is 3.29. The summed E-state index contributed by atoms with van der Waals surface area (Å²) in [5, 5.41) is 3.00. The average Bonchev–Trinajstić information content (AvgIpc) is 2.37. The molecule has 0 bridgehead atoms. The second kappa shape index (κ2) is 7.25. The summed E-state index contributed by atoms with van der Waals surface area (Å²) in [6, 6.07) is 4.02. The molecule has 20 heavy (non-hydrogen) atoms. The van der Waals surface area contributed by atoms with E-state index in [4.69, 9.17) is 17.3 Å². The monoisotopic (exact) mass is 320 g/mol. The highest BCUT2D eigenvalue weighted by Gasteiger charge is 2.28. The van der Waals surface area contributed by atoms with Crippen LogP contribution in [0.4, 0.5) is 4.39 Å². The highest BCUT2D eigenvalue weighted by atomic mass is 35.5. The van der Waals surface area contributed by atoms with Crippen LogP contribution in [0.1, 0.15) is 42.5 Å². The van der Waals surface area contributed by atoms with Gasteiger partial charge >= 0.3 is 0 Å². The number of halogens is 3. The van der Waals surface area contributed by atoms with Gasteiger partial charge in [-0.05, 0) is 31.0 Å². The Labute approximate surface area is 129 Å². The normalized spacial score (nSPS) is 17.1. The number of nitrogens with two attached hydrogens (primary N) is 1. The summed E-state index contributed by atoms with van der Waals surface area (Å²) >= 11 is 5.65. The summed E-state index contributed by atoms with van der Waals surface area (Å²) in [5.41, 5.74) is 5.87. The van der Waals surface area contributed by atoms with Gasteiger partial charge in [-0.1, -0.05) is 30.9 Å². The van der Waals surface area contributed by atoms with Gasteiger partial charge in [-0.15, -0.1) is 12.4 Å². The van der Waals surface area contributed by atoms with Gasteiger partial charge in [0.05, 0.1) is 5.56 Å². The molecule has 0 atom stereocenters. The van der Waals surface area contributed by atoms with Crippen LogP contribution in [0, 0.1) is 5.82 Å². The number of carbonyl (C=O) groups excluding carboxylic acids is 1. The molecule has 1 aromatic rings. The zero-order valence-electron chi connectivity index (χ0n) is 11.1. The molecule has 0 aromatic heterocycles. The zero-order valence-corrected chi connectivity index (χ0v) is 12.7. The van der Waals surface area contributed by atoms with Crippen molar-refractivity contribution in [2.75, 3.05) is 6.54 Å². The van der Waals surface area contributed by atoms with Crippen molar-refractivity contribution in [3.8, 4) is 0 Å². The minimum Gasteiger partial charge on any atom is -0.350 e. The van der Waals surface area contributed by atoms with Crippen LogP contribution in [0.25, 0.3) is 0 Å². The fourth-order valence-electron chi connectivity index (χ4n) is 2.46. The first-order valence-corrected chi connectivity index (χ1v) is 6.90. The van der Waals surface area contributed by atoms with Crippen molar-refractivity contribution in [1.29, 1.82) is 0 Å². The molecule has 1 saturated carbocycles. The minimum absolute atomic E-state index is 0. The summed E-state index contributed by atoms with van der Waals surface area (Å²) in [6.45, 7) is 0.383. The standard InChI is InChI=1S/C14H18ClFN2O.ClH/c15-10-4-5-11(12(16)8-10)13(19)18-9-14(17)6-2-1-3-7-14;/h4-5,8H,1-3,6-7,9,17H2,(H,18,19);1H. The van der Waals surface area contributed by atoms with E-state index in [9.17, 15) is 9.18 Å². The molecule has 3 nitrogen and oxygen atoms in total. The Morgan fingerprint density at radius 3 is 2.60 bits per heavy atom. The molecule has 0 heterocycles. The molecule has 0 saturated heterocycles. The van der Waals surface area contributed by atoms with Crippen molar-refractivity contribution in [3.05, 3.63) is 34.6 Å². The predicted molar refractivity (Wildman–Crippen MR) is 81.0 cm³/mol. The largest absolute Gasteiger partial charge is 0.350 e. The fourth-order valence-corrected chi connectivity index (χ4v) is 2.62. The highest BCUT2D eigenvalue weighted by molar-refractivity contribution is 6.30. The third-order valence-corrected chi connectivity index (χ3v) is 3.86. The first-order chi connectivity index (χ1) is 9.00. The lowest BCUT2D eigenvalue weighted by Crippen LogP contribution is -2.51. The molecule has 0 unspecified atom stereocenters. The summed E-state index contributed by atoms with van der Waals surface area (Å²) in [6.07, 6.45) is 5.16. The van der Waals surface area contributed by atoms with Crippen molar-refractivity contribution in [1.82, 2.24) is 5.32 Å². The fraction of sp³-hybridized carbons (Fsp3) is 0.500. The Morgan fingerprint density at radius 2 is 2.00 bits per heavy atom. The van der Waals surface area contributed by atoms with E-state index in [1.165, 1.54) is 18.6 Å². The molecule has 1 amide bonds. The Morgan fingerprint density at radius 1 is 1.35 bits per heavy atom. The maximum atomic E-state index is 13.6. The smallest absolute Gasteiger partial charge is 0.254 e. The van der Waals surface area contributed by atoms with Crippen LogP contribution in [0.15, 0.2) is 18.2 Å². The van der Waals surface area contributed by atoms with Crippen LogP contribution in [0.3, 0.4) is 0 Å². The average molecular weight is 321 g/mol. The van der Waals surface area contributed by atoms with Gasteiger partial charge in [0.25, 0.3) is 5.91 Å². The molecule has 1 aliphatic carbocycles. The third kappa shape index (κ3) is 4.33. The van der Waals surface area contributed by atoms with Crippen LogP contribution in [0.2, 0.25) is 5.02 Å². The second-order valence-corrected chi connectivity index (χ2v) is 5.67. The lowest BCUT2D eigenvalue weighted by molar-refractivity contribution is 0.0933. The SMILES string of the molecule is Cl.NC1(CNC(=O)c2ccc(Cl)cc2F)CCCCC1. The maximum absolute atomic E-state index is 13.6. The summed E-state index contributed by atoms with van der Waals surface area (Å²) < 4.78 is 13.6. The van der Waals surface area contributed by atoms with E-state index >= 15 is 0 Å². The van der Waals surface area contributed by atoms with Crippen LogP contribution < -0.4 is 11.1 Å². The number of hydrogen-bond acceptors (Lipinski definition) is 2. The van der Waals surface area contributed by atoms with Crippen LogP contribution in [-0.4, -0.2) is 18.0 Å². The van der Waals surface area contributed by atoms with Crippen molar-refractivity contribution in [2.45, 2.75) is 37.6 Å². The van der Waals surface area contributed by atoms with Gasteiger partial charge in [0, 0.05) is 17.1 Å². The van der Waals surface area contributed by atoms with Crippen LogP contribution >= 0.6 is 24.0 Å². The van der Waals surface area contributed by atoms with Crippen molar-refractivity contribution >= 4 is 29.9 Å². The van der Waals surface area contributed by atoms with E-state index in [2.05, 4.69) is 5.32 Å². The molecule has 2 rings (SSSR count). The quantitative estimate of drug-likeness (QED) is 0.897. The van der Waals surface area contributed by atoms with Gasteiger partial charge in [-0.25, -0.2) is 4.39 Å². The van der Waals surface area contributed by atoms with Crippen molar-refractivity contribution in [3.63, 3.8) is 0 Å². The van der Waals surface area contributed by atoms with E-state index in [0.717, 1.165) is 31.7 Å². The minimum atomic E-state index is -0.611. The molecule has 0 aliphatic heterocycles. The summed E-state index contributed by atoms with van der Waals surface area (Å²) in [7, 11) is 0. The third-order valence-electron chi connectivity index (χ3n) is 3.63. The molecule has 0 spiro atoms. The van der Waals surface area contributed by atoms with E-state index in [-0.39, 0.29) is 28.5 Å². The Balaban J connectivity index is 0.00000200. The number of rotatable bonds is 3.